The second-order valence-corrected chi connectivity index (χ2v) is 8.90. The number of aryl methyl sites for hydroxylation is 2. The molecule has 0 amide bonds. The second kappa shape index (κ2) is 5.92. The monoisotopic (exact) mass is 414 g/mol. The summed E-state index contributed by atoms with van der Waals surface area (Å²) >= 11 is 4.84. The largest absolute Gasteiger partial charge is 0.336 e. The first-order valence-electron chi connectivity index (χ1n) is 6.99. The molecule has 5 nitrogen and oxygen atoms in total. The van der Waals surface area contributed by atoms with Gasteiger partial charge in [0.1, 0.15) is 9.37 Å². The molecule has 3 aromatic rings. The van der Waals surface area contributed by atoms with Crippen LogP contribution in [0.2, 0.25) is 0 Å². The van der Waals surface area contributed by atoms with Gasteiger partial charge in [-0.25, -0.2) is 12.7 Å². The Labute approximate surface area is 147 Å². The molecule has 0 saturated carbocycles. The van der Waals surface area contributed by atoms with Crippen molar-refractivity contribution in [1.82, 2.24) is 5.16 Å². The number of thiophene rings is 1. The zero-order valence-electron chi connectivity index (χ0n) is 12.8. The number of anilines is 1. The van der Waals surface area contributed by atoms with Gasteiger partial charge in [-0.15, -0.1) is 11.3 Å². The molecule has 0 unspecified atom stereocenters. The predicted octanol–water partition coefficient (Wildman–Crippen LogP) is 4.35. The van der Waals surface area contributed by atoms with Crippen LogP contribution in [0.15, 0.2) is 38.2 Å². The fourth-order valence-electron chi connectivity index (χ4n) is 2.38. The maximum atomic E-state index is 13.2. The molecule has 0 radical (unpaired) electrons. The maximum absolute atomic E-state index is 13.2. The van der Waals surface area contributed by atoms with E-state index in [0.29, 0.717) is 21.5 Å². The minimum Gasteiger partial charge on any atom is -0.336 e. The summed E-state index contributed by atoms with van der Waals surface area (Å²) in [5.41, 5.74) is 0.605. The molecule has 122 valence electrons. The van der Waals surface area contributed by atoms with Crippen LogP contribution >= 0.6 is 27.3 Å². The van der Waals surface area contributed by atoms with Crippen molar-refractivity contribution < 1.29 is 12.9 Å². The third kappa shape index (κ3) is 2.58. The molecule has 8 heteroatoms. The molecular weight excluding hydrogens is 400 g/mol. The van der Waals surface area contributed by atoms with Gasteiger partial charge in [0.2, 0.25) is 0 Å². The van der Waals surface area contributed by atoms with Crippen LogP contribution in [0, 0.1) is 6.92 Å². The Bertz CT molecular complexity index is 976. The molecule has 0 aliphatic rings. The van der Waals surface area contributed by atoms with Crippen LogP contribution in [-0.4, -0.2) is 20.6 Å². The summed E-state index contributed by atoms with van der Waals surface area (Å²) in [5, 5.41) is 4.56. The van der Waals surface area contributed by atoms with E-state index in [2.05, 4.69) is 21.1 Å². The van der Waals surface area contributed by atoms with E-state index in [1.54, 1.807) is 6.92 Å². The van der Waals surface area contributed by atoms with E-state index >= 15 is 0 Å². The summed E-state index contributed by atoms with van der Waals surface area (Å²) in [6.07, 6.45) is 0.651. The Kier molecular flexibility index (Phi) is 4.24. The van der Waals surface area contributed by atoms with Gasteiger partial charge < -0.3 is 4.52 Å². The number of aromatic nitrogens is 1. The topological polar surface area (TPSA) is 63.4 Å². The van der Waals surface area contributed by atoms with Crippen molar-refractivity contribution in [1.29, 1.82) is 0 Å². The summed E-state index contributed by atoms with van der Waals surface area (Å²) < 4.78 is 34.2. The van der Waals surface area contributed by atoms with Gasteiger partial charge in [-0.1, -0.05) is 30.3 Å². The van der Waals surface area contributed by atoms with Gasteiger partial charge in [0.05, 0.1) is 5.69 Å². The van der Waals surface area contributed by atoms with E-state index in [9.17, 15) is 8.42 Å². The van der Waals surface area contributed by atoms with E-state index in [1.807, 2.05) is 31.2 Å². The summed E-state index contributed by atoms with van der Waals surface area (Å²) in [6.45, 7) is 3.70. The van der Waals surface area contributed by atoms with Crippen LogP contribution in [0.5, 0.6) is 0 Å². The lowest BCUT2D eigenvalue weighted by Gasteiger charge is -2.17. The molecule has 0 saturated heterocycles. The highest BCUT2D eigenvalue weighted by atomic mass is 79.9. The molecule has 1 aromatic carbocycles. The molecule has 2 heterocycles. The highest BCUT2D eigenvalue weighted by Gasteiger charge is 2.31. The lowest BCUT2D eigenvalue weighted by molar-refractivity contribution is 0.422. The Morgan fingerprint density at radius 2 is 2.04 bits per heavy atom. The number of halogens is 1. The minimum absolute atomic E-state index is 0.180. The lowest BCUT2D eigenvalue weighted by atomic mass is 10.2. The van der Waals surface area contributed by atoms with E-state index in [0.717, 1.165) is 19.3 Å². The summed E-state index contributed by atoms with van der Waals surface area (Å²) in [6, 6.07) is 7.54. The third-order valence-electron chi connectivity index (χ3n) is 3.62. The Balaban J connectivity index is 2.22. The first kappa shape index (κ1) is 16.5. The molecule has 3 rings (SSSR count). The van der Waals surface area contributed by atoms with Crippen LogP contribution < -0.4 is 4.31 Å². The highest BCUT2D eigenvalue weighted by molar-refractivity contribution is 9.10. The molecule has 0 spiro atoms. The quantitative estimate of drug-likeness (QED) is 0.636. The maximum Gasteiger partial charge on any atom is 0.268 e. The molecule has 0 aliphatic carbocycles. The number of hydrogen-bond acceptors (Lipinski definition) is 5. The molecule has 2 aromatic heterocycles. The van der Waals surface area contributed by atoms with Gasteiger partial charge in [-0.05, 0) is 35.3 Å². The van der Waals surface area contributed by atoms with E-state index in [-0.39, 0.29) is 5.88 Å². The van der Waals surface area contributed by atoms with Crippen molar-refractivity contribution in [2.24, 2.45) is 0 Å². The van der Waals surface area contributed by atoms with Gasteiger partial charge in [-0.2, -0.15) is 0 Å². The minimum atomic E-state index is -3.75. The number of nitrogens with zero attached hydrogens (tertiary/aromatic N) is 2. The fourth-order valence-corrected chi connectivity index (χ4v) is 5.95. The van der Waals surface area contributed by atoms with Crippen LogP contribution in [0.1, 0.15) is 17.5 Å². The average molecular weight is 415 g/mol. The van der Waals surface area contributed by atoms with Crippen molar-refractivity contribution in [2.45, 2.75) is 25.2 Å². The summed E-state index contributed by atoms with van der Waals surface area (Å²) in [4.78, 5) is 1.19. The number of sulfonamides is 1. The fraction of sp³-hybridized carbons (Fsp3) is 0.267. The Morgan fingerprint density at radius 3 is 2.65 bits per heavy atom. The molecule has 0 atom stereocenters. The summed E-state index contributed by atoms with van der Waals surface area (Å²) in [5.74, 6) is 0.180. The standard InChI is InChI=1S/C15H15BrN2O3S2/c1-4-11-14(10-7-5-6-8-12(10)22-11)23(19,20)18(3)15-13(16)9(2)17-21-15/h5-8H,4H2,1-3H3. The molecule has 23 heavy (non-hydrogen) atoms. The first-order chi connectivity index (χ1) is 10.9. The SMILES string of the molecule is CCc1sc2ccccc2c1S(=O)(=O)N(C)c1onc(C)c1Br. The molecule has 0 bridgehead atoms. The van der Waals surface area contributed by atoms with E-state index < -0.39 is 10.0 Å². The number of fused-ring (bicyclic) bond motifs is 1. The smallest absolute Gasteiger partial charge is 0.268 e. The van der Waals surface area contributed by atoms with Crippen molar-refractivity contribution in [3.63, 3.8) is 0 Å². The first-order valence-corrected chi connectivity index (χ1v) is 10.0. The van der Waals surface area contributed by atoms with E-state index in [1.165, 1.54) is 18.4 Å². The molecular formula is C15H15BrN2O3S2. The lowest BCUT2D eigenvalue weighted by Crippen LogP contribution is -2.27. The van der Waals surface area contributed by atoms with Crippen molar-refractivity contribution in [3.8, 4) is 0 Å². The van der Waals surface area contributed by atoms with Gasteiger partial charge in [-0.3, -0.25) is 0 Å². The van der Waals surface area contributed by atoms with Gasteiger partial charge in [0.25, 0.3) is 15.9 Å². The molecule has 0 aliphatic heterocycles. The third-order valence-corrected chi connectivity index (χ3v) is 7.84. The summed E-state index contributed by atoms with van der Waals surface area (Å²) in [7, 11) is -2.27. The normalized spacial score (nSPS) is 12.0. The van der Waals surface area contributed by atoms with E-state index in [4.69, 9.17) is 4.52 Å². The second-order valence-electron chi connectivity index (χ2n) is 5.06. The molecule has 0 N–H and O–H groups in total. The van der Waals surface area contributed by atoms with Crippen molar-refractivity contribution in [2.75, 3.05) is 11.4 Å². The number of benzene rings is 1. The Morgan fingerprint density at radius 1 is 1.35 bits per heavy atom. The van der Waals surface area contributed by atoms with Crippen LogP contribution in [0.4, 0.5) is 5.88 Å². The van der Waals surface area contributed by atoms with Crippen LogP contribution in [-0.2, 0) is 16.4 Å². The van der Waals surface area contributed by atoms with Gasteiger partial charge in [0.15, 0.2) is 0 Å². The zero-order valence-corrected chi connectivity index (χ0v) is 16.0. The number of hydrogen-bond donors (Lipinski definition) is 0. The van der Waals surface area contributed by atoms with Crippen LogP contribution in [0.3, 0.4) is 0 Å². The van der Waals surface area contributed by atoms with Crippen molar-refractivity contribution >= 4 is 53.3 Å². The van der Waals surface area contributed by atoms with Gasteiger partial charge in [0, 0.05) is 22.0 Å². The Hall–Kier alpha value is -1.38. The van der Waals surface area contributed by atoms with Crippen LogP contribution in [0.25, 0.3) is 10.1 Å². The molecule has 0 fully saturated rings. The average Bonchev–Trinajstić information content (AvgIpc) is 3.07. The predicted molar refractivity (Wildman–Crippen MR) is 95.7 cm³/mol. The highest BCUT2D eigenvalue weighted by Crippen LogP contribution is 2.39. The number of rotatable bonds is 4. The van der Waals surface area contributed by atoms with Gasteiger partial charge >= 0.3 is 0 Å². The van der Waals surface area contributed by atoms with Crippen molar-refractivity contribution in [3.05, 3.63) is 39.3 Å². The zero-order chi connectivity index (χ0) is 16.8.